The Morgan fingerprint density at radius 2 is 1.02 bits per heavy atom. The monoisotopic (exact) mass is 651 g/mol. The summed E-state index contributed by atoms with van der Waals surface area (Å²) < 4.78 is 12.9. The van der Waals surface area contributed by atoms with Crippen LogP contribution in [0.1, 0.15) is 52.7 Å². The Bertz CT molecular complexity index is 2460. The van der Waals surface area contributed by atoms with Crippen molar-refractivity contribution >= 4 is 34.4 Å². The Labute approximate surface area is 293 Å². The van der Waals surface area contributed by atoms with Gasteiger partial charge in [0, 0.05) is 16.5 Å². The van der Waals surface area contributed by atoms with Crippen LogP contribution in [-0.2, 0) is 14.7 Å². The lowest BCUT2D eigenvalue weighted by Crippen LogP contribution is -2.41. The summed E-state index contributed by atoms with van der Waals surface area (Å²) in [5, 5.41) is 4.94. The molecule has 2 heterocycles. The van der Waals surface area contributed by atoms with E-state index in [0.29, 0.717) is 17.4 Å². The molecule has 1 aromatic heterocycles. The molecule has 0 atom stereocenters. The zero-order valence-corrected chi connectivity index (χ0v) is 29.3. The van der Waals surface area contributed by atoms with Crippen molar-refractivity contribution in [3.05, 3.63) is 132 Å². The summed E-state index contributed by atoms with van der Waals surface area (Å²) in [6.45, 7) is 12.8. The second kappa shape index (κ2) is 10.9. The summed E-state index contributed by atoms with van der Waals surface area (Å²) in [6, 6.07) is 43.3. The van der Waals surface area contributed by atoms with Gasteiger partial charge in [-0.1, -0.05) is 117 Å². The third-order valence-electron chi connectivity index (χ3n) is 11.2. The first-order valence-electron chi connectivity index (χ1n) is 17.4. The van der Waals surface area contributed by atoms with Crippen LogP contribution < -0.4 is 5.72 Å². The van der Waals surface area contributed by atoms with Crippen LogP contribution in [-0.4, -0.2) is 33.3 Å². The van der Waals surface area contributed by atoms with E-state index in [1.54, 1.807) is 0 Å². The minimum absolute atomic E-state index is 0.128. The lowest BCUT2D eigenvalue weighted by Gasteiger charge is -2.32. The average molecular weight is 652 g/mol. The fourth-order valence-electron chi connectivity index (χ4n) is 7.56. The van der Waals surface area contributed by atoms with E-state index in [0.717, 1.165) is 16.7 Å². The van der Waals surface area contributed by atoms with Gasteiger partial charge in [-0.25, -0.2) is 15.0 Å². The number of nitrogens with zero attached hydrogens (tertiary/aromatic N) is 3. The van der Waals surface area contributed by atoms with Crippen LogP contribution in [0.4, 0.5) is 0 Å². The van der Waals surface area contributed by atoms with Crippen molar-refractivity contribution in [1.29, 1.82) is 0 Å². The summed E-state index contributed by atoms with van der Waals surface area (Å²) in [5.41, 5.74) is 8.54. The van der Waals surface area contributed by atoms with Crippen molar-refractivity contribution in [1.82, 2.24) is 15.0 Å². The smallest absolute Gasteiger partial charge is 0.397 e. The molecule has 5 nitrogen and oxygen atoms in total. The van der Waals surface area contributed by atoms with Gasteiger partial charge < -0.3 is 9.31 Å². The SMILES string of the molecule is CC1(C)c2ccc(-c3nc(B4OC(C)(C)C(C)(C)O4)nc(-c4ccc(-c5cccc6ccccc56)cc4)n3)cc2-c2cc3ccccc3cc21. The largest absolute Gasteiger partial charge is 0.534 e. The molecule has 9 rings (SSSR count). The first-order valence-corrected chi connectivity index (χ1v) is 17.4. The topological polar surface area (TPSA) is 57.1 Å². The van der Waals surface area contributed by atoms with Crippen molar-refractivity contribution in [2.75, 3.05) is 0 Å². The molecule has 0 bridgehead atoms. The highest BCUT2D eigenvalue weighted by molar-refractivity contribution is 6.60. The molecule has 6 aromatic carbocycles. The molecule has 0 amide bonds. The van der Waals surface area contributed by atoms with Gasteiger partial charge in [0.15, 0.2) is 17.4 Å². The first-order chi connectivity index (χ1) is 24.0. The zero-order chi connectivity index (χ0) is 34.4. The fourth-order valence-corrected chi connectivity index (χ4v) is 7.56. The Balaban J connectivity index is 1.17. The van der Waals surface area contributed by atoms with Gasteiger partial charge in [-0.05, 0) is 101 Å². The Kier molecular flexibility index (Phi) is 6.74. The summed E-state index contributed by atoms with van der Waals surface area (Å²) >= 11 is 0. The molecule has 0 unspecified atom stereocenters. The van der Waals surface area contributed by atoms with E-state index in [9.17, 15) is 0 Å². The van der Waals surface area contributed by atoms with Gasteiger partial charge in [-0.2, -0.15) is 0 Å². The van der Waals surface area contributed by atoms with Crippen molar-refractivity contribution in [3.63, 3.8) is 0 Å². The average Bonchev–Trinajstić information content (AvgIpc) is 3.49. The molecular formula is C44H38BN3O2. The molecule has 7 aromatic rings. The van der Waals surface area contributed by atoms with E-state index in [2.05, 4.69) is 135 Å². The minimum atomic E-state index is -0.726. The van der Waals surface area contributed by atoms with E-state index < -0.39 is 18.3 Å². The van der Waals surface area contributed by atoms with Gasteiger partial charge in [0.1, 0.15) is 0 Å². The zero-order valence-electron chi connectivity index (χ0n) is 29.3. The Morgan fingerprint density at radius 3 is 1.74 bits per heavy atom. The molecule has 1 aliphatic heterocycles. The molecule has 1 saturated heterocycles. The number of aromatic nitrogens is 3. The van der Waals surface area contributed by atoms with E-state index in [-0.39, 0.29) is 5.41 Å². The van der Waals surface area contributed by atoms with Gasteiger partial charge >= 0.3 is 7.12 Å². The summed E-state index contributed by atoms with van der Waals surface area (Å²) in [6.07, 6.45) is 0. The minimum Gasteiger partial charge on any atom is -0.397 e. The third kappa shape index (κ3) is 4.81. The van der Waals surface area contributed by atoms with Crippen LogP contribution in [0.3, 0.4) is 0 Å². The van der Waals surface area contributed by atoms with Crippen LogP contribution in [0.15, 0.2) is 121 Å². The Hall–Kier alpha value is -5.17. The predicted molar refractivity (Wildman–Crippen MR) is 204 cm³/mol. The van der Waals surface area contributed by atoms with Gasteiger partial charge in [-0.15, -0.1) is 0 Å². The quantitative estimate of drug-likeness (QED) is 0.177. The van der Waals surface area contributed by atoms with Crippen LogP contribution >= 0.6 is 0 Å². The van der Waals surface area contributed by atoms with E-state index >= 15 is 0 Å². The maximum absolute atomic E-state index is 6.46. The van der Waals surface area contributed by atoms with Crippen molar-refractivity contribution in [3.8, 4) is 45.0 Å². The number of rotatable bonds is 4. The van der Waals surface area contributed by atoms with Crippen LogP contribution in [0.25, 0.3) is 66.6 Å². The van der Waals surface area contributed by atoms with Crippen molar-refractivity contribution in [2.24, 2.45) is 0 Å². The van der Waals surface area contributed by atoms with E-state index in [1.807, 2.05) is 27.7 Å². The second-order valence-electron chi connectivity index (χ2n) is 15.2. The number of hydrogen-bond acceptors (Lipinski definition) is 5. The molecule has 50 heavy (non-hydrogen) atoms. The van der Waals surface area contributed by atoms with E-state index in [4.69, 9.17) is 24.3 Å². The summed E-state index contributed by atoms with van der Waals surface area (Å²) in [4.78, 5) is 15.1. The van der Waals surface area contributed by atoms with Gasteiger partial charge in [0.2, 0.25) is 0 Å². The predicted octanol–water partition coefficient (Wildman–Crippen LogP) is 9.78. The summed E-state index contributed by atoms with van der Waals surface area (Å²) in [5.74, 6) is 1.17. The molecule has 1 aliphatic carbocycles. The highest BCUT2D eigenvalue weighted by atomic mass is 16.7. The molecule has 244 valence electrons. The van der Waals surface area contributed by atoms with Gasteiger partial charge in [-0.3, -0.25) is 0 Å². The molecule has 0 spiro atoms. The highest BCUT2D eigenvalue weighted by Gasteiger charge is 2.53. The molecule has 2 aliphatic rings. The molecule has 0 radical (unpaired) electrons. The maximum atomic E-state index is 6.46. The van der Waals surface area contributed by atoms with Crippen LogP contribution in [0, 0.1) is 0 Å². The molecule has 0 N–H and O–H groups in total. The molecule has 0 saturated carbocycles. The summed E-state index contributed by atoms with van der Waals surface area (Å²) in [7, 11) is -0.726. The van der Waals surface area contributed by atoms with Crippen molar-refractivity contribution in [2.45, 2.75) is 58.2 Å². The standard InChI is InChI=1S/C44H38BN3O2/c1-42(2)37-23-22-32(25-35(37)36-24-30-13-7-8-14-31(30)26-38(36)42)40-46-39(47-41(48-40)45-49-43(3,4)44(5,6)50-45)29-20-18-28(19-21-29)34-17-11-15-27-12-9-10-16-33(27)34/h7-26H,1-6H3. The highest BCUT2D eigenvalue weighted by Crippen LogP contribution is 2.50. The first kappa shape index (κ1) is 30.9. The second-order valence-corrected chi connectivity index (χ2v) is 15.2. The third-order valence-corrected chi connectivity index (χ3v) is 11.2. The maximum Gasteiger partial charge on any atom is 0.534 e. The lowest BCUT2D eigenvalue weighted by atomic mass is 9.81. The number of fused-ring (bicyclic) bond motifs is 5. The lowest BCUT2D eigenvalue weighted by molar-refractivity contribution is 0.00578. The fraction of sp³-hybridized carbons (Fsp3) is 0.205. The molecular weight excluding hydrogens is 613 g/mol. The molecule has 6 heteroatoms. The Morgan fingerprint density at radius 1 is 0.460 bits per heavy atom. The van der Waals surface area contributed by atoms with Gasteiger partial charge in [0.25, 0.3) is 0 Å². The normalized spacial score (nSPS) is 16.9. The molecule has 1 fully saturated rings. The van der Waals surface area contributed by atoms with E-state index in [1.165, 1.54) is 49.4 Å². The van der Waals surface area contributed by atoms with Crippen molar-refractivity contribution < 1.29 is 9.31 Å². The van der Waals surface area contributed by atoms with Crippen LogP contribution in [0.5, 0.6) is 0 Å². The number of hydrogen-bond donors (Lipinski definition) is 0. The number of benzene rings is 6. The van der Waals surface area contributed by atoms with Gasteiger partial charge in [0.05, 0.1) is 11.2 Å². The van der Waals surface area contributed by atoms with Crippen LogP contribution in [0.2, 0.25) is 0 Å².